The van der Waals surface area contributed by atoms with Gasteiger partial charge in [0.2, 0.25) is 0 Å². The number of hydrogen-bond donors (Lipinski definition) is 1. The molecule has 0 heterocycles. The topological polar surface area (TPSA) is 15.3 Å². The Bertz CT molecular complexity index is 225. The molecule has 2 rings (SSSR count). The number of rotatable bonds is 5. The molecule has 0 bridgehead atoms. The zero-order valence-electron chi connectivity index (χ0n) is 11.9. The minimum Gasteiger partial charge on any atom is -0.315 e. The van der Waals surface area contributed by atoms with Crippen LogP contribution >= 0.6 is 0 Å². The van der Waals surface area contributed by atoms with E-state index < -0.39 is 0 Å². The van der Waals surface area contributed by atoms with Gasteiger partial charge in [0.15, 0.2) is 0 Å². The van der Waals surface area contributed by atoms with Gasteiger partial charge in [0, 0.05) is 18.6 Å². The van der Waals surface area contributed by atoms with Crippen molar-refractivity contribution in [1.29, 1.82) is 0 Å². The Hall–Kier alpha value is -0.0800. The molecule has 0 aromatic carbocycles. The largest absolute Gasteiger partial charge is 0.315 e. The third-order valence-electron chi connectivity index (χ3n) is 5.21. The summed E-state index contributed by atoms with van der Waals surface area (Å²) in [6, 6.07) is 1.50. The van der Waals surface area contributed by atoms with Crippen molar-refractivity contribution in [2.24, 2.45) is 11.8 Å². The van der Waals surface area contributed by atoms with Crippen LogP contribution in [0.2, 0.25) is 0 Å². The molecule has 3 atom stereocenters. The highest BCUT2D eigenvalue weighted by Crippen LogP contribution is 2.32. The Morgan fingerprint density at radius 1 is 1.12 bits per heavy atom. The molecule has 0 aromatic rings. The van der Waals surface area contributed by atoms with Gasteiger partial charge in [-0.15, -0.1) is 0 Å². The number of nitrogens with one attached hydrogen (secondary N) is 1. The fraction of sp³-hybridized carbons (Fsp3) is 1.00. The maximum absolute atomic E-state index is 3.55. The highest BCUT2D eigenvalue weighted by atomic mass is 15.2. The monoisotopic (exact) mass is 238 g/mol. The standard InChI is InChI=1S/C15H30N2/c1-4-12-8-9-14(16-2)15(10-12)17(3)11-13-6-5-7-13/h12-16H,4-11H2,1-3H3. The zero-order valence-corrected chi connectivity index (χ0v) is 11.9. The molecule has 0 amide bonds. The fourth-order valence-electron chi connectivity index (χ4n) is 3.64. The van der Waals surface area contributed by atoms with E-state index in [0.29, 0.717) is 0 Å². The lowest BCUT2D eigenvalue weighted by molar-refractivity contribution is 0.0908. The summed E-state index contributed by atoms with van der Waals surface area (Å²) < 4.78 is 0. The SMILES string of the molecule is CCC1CCC(NC)C(N(C)CC2CCC2)C1. The maximum atomic E-state index is 3.55. The highest BCUT2D eigenvalue weighted by Gasteiger charge is 2.32. The summed E-state index contributed by atoms with van der Waals surface area (Å²) in [7, 11) is 4.49. The summed E-state index contributed by atoms with van der Waals surface area (Å²) in [4.78, 5) is 2.66. The van der Waals surface area contributed by atoms with Gasteiger partial charge in [-0.05, 0) is 58.0 Å². The van der Waals surface area contributed by atoms with E-state index in [1.807, 2.05) is 0 Å². The lowest BCUT2D eigenvalue weighted by Gasteiger charge is -2.43. The first-order valence-electron chi connectivity index (χ1n) is 7.62. The van der Waals surface area contributed by atoms with Crippen LogP contribution in [0.3, 0.4) is 0 Å². The molecule has 0 radical (unpaired) electrons. The Kier molecular flexibility index (Phi) is 4.87. The van der Waals surface area contributed by atoms with E-state index in [1.54, 1.807) is 0 Å². The molecule has 2 fully saturated rings. The fourth-order valence-corrected chi connectivity index (χ4v) is 3.64. The molecule has 2 heteroatoms. The van der Waals surface area contributed by atoms with E-state index in [2.05, 4.69) is 31.2 Å². The molecular formula is C15H30N2. The van der Waals surface area contributed by atoms with Crippen molar-refractivity contribution < 1.29 is 0 Å². The highest BCUT2D eigenvalue weighted by molar-refractivity contribution is 4.90. The smallest absolute Gasteiger partial charge is 0.0248 e. The van der Waals surface area contributed by atoms with Gasteiger partial charge in [0.25, 0.3) is 0 Å². The number of nitrogens with zero attached hydrogens (tertiary/aromatic N) is 1. The average molecular weight is 238 g/mol. The van der Waals surface area contributed by atoms with Crippen LogP contribution in [0.25, 0.3) is 0 Å². The molecule has 3 unspecified atom stereocenters. The van der Waals surface area contributed by atoms with Gasteiger partial charge in [0.05, 0.1) is 0 Å². The third kappa shape index (κ3) is 3.23. The first-order chi connectivity index (χ1) is 8.24. The van der Waals surface area contributed by atoms with Gasteiger partial charge in [0.1, 0.15) is 0 Å². The van der Waals surface area contributed by atoms with Crippen molar-refractivity contribution in [1.82, 2.24) is 10.2 Å². The van der Waals surface area contributed by atoms with Crippen LogP contribution in [0.1, 0.15) is 51.9 Å². The maximum Gasteiger partial charge on any atom is 0.0248 e. The average Bonchev–Trinajstić information content (AvgIpc) is 2.32. The molecule has 0 aliphatic heterocycles. The summed E-state index contributed by atoms with van der Waals surface area (Å²) >= 11 is 0. The Labute approximate surface area is 107 Å². The lowest BCUT2D eigenvalue weighted by atomic mass is 9.79. The molecule has 2 aliphatic rings. The number of likely N-dealkylation sites (N-methyl/N-ethyl adjacent to an activating group) is 2. The van der Waals surface area contributed by atoms with Crippen molar-refractivity contribution in [3.8, 4) is 0 Å². The zero-order chi connectivity index (χ0) is 12.3. The van der Waals surface area contributed by atoms with E-state index in [-0.39, 0.29) is 0 Å². The summed E-state index contributed by atoms with van der Waals surface area (Å²) in [6.07, 6.45) is 9.98. The van der Waals surface area contributed by atoms with Gasteiger partial charge in [-0.2, -0.15) is 0 Å². The molecule has 2 nitrogen and oxygen atoms in total. The van der Waals surface area contributed by atoms with Crippen LogP contribution in [0.5, 0.6) is 0 Å². The molecule has 17 heavy (non-hydrogen) atoms. The second-order valence-corrected chi connectivity index (χ2v) is 6.29. The minimum absolute atomic E-state index is 0.725. The predicted octanol–water partition coefficient (Wildman–Crippen LogP) is 2.89. The van der Waals surface area contributed by atoms with Gasteiger partial charge >= 0.3 is 0 Å². The molecular weight excluding hydrogens is 208 g/mol. The van der Waals surface area contributed by atoms with Gasteiger partial charge in [-0.3, -0.25) is 0 Å². The van der Waals surface area contributed by atoms with Crippen LogP contribution in [0, 0.1) is 11.8 Å². The molecule has 2 saturated carbocycles. The normalized spacial score (nSPS) is 34.9. The molecule has 1 N–H and O–H groups in total. The summed E-state index contributed by atoms with van der Waals surface area (Å²) in [5.41, 5.74) is 0. The Morgan fingerprint density at radius 3 is 2.41 bits per heavy atom. The molecule has 2 aliphatic carbocycles. The van der Waals surface area contributed by atoms with Crippen molar-refractivity contribution in [3.63, 3.8) is 0 Å². The van der Waals surface area contributed by atoms with Crippen LogP contribution < -0.4 is 5.32 Å². The molecule has 0 spiro atoms. The van der Waals surface area contributed by atoms with Crippen LogP contribution in [0.4, 0.5) is 0 Å². The van der Waals surface area contributed by atoms with Crippen molar-refractivity contribution >= 4 is 0 Å². The summed E-state index contributed by atoms with van der Waals surface area (Å²) in [6.45, 7) is 3.69. The minimum atomic E-state index is 0.725. The first kappa shape index (κ1) is 13.4. The van der Waals surface area contributed by atoms with E-state index in [9.17, 15) is 0 Å². The number of hydrogen-bond acceptors (Lipinski definition) is 2. The van der Waals surface area contributed by atoms with Crippen molar-refractivity contribution in [3.05, 3.63) is 0 Å². The van der Waals surface area contributed by atoms with Crippen LogP contribution in [-0.4, -0.2) is 37.6 Å². The van der Waals surface area contributed by atoms with E-state index in [0.717, 1.165) is 23.9 Å². The van der Waals surface area contributed by atoms with E-state index in [1.165, 1.54) is 51.5 Å². The van der Waals surface area contributed by atoms with Gasteiger partial charge in [-0.25, -0.2) is 0 Å². The van der Waals surface area contributed by atoms with Crippen LogP contribution in [-0.2, 0) is 0 Å². The molecule has 100 valence electrons. The summed E-state index contributed by atoms with van der Waals surface area (Å²) in [5.74, 6) is 1.97. The van der Waals surface area contributed by atoms with Crippen molar-refractivity contribution in [2.45, 2.75) is 64.0 Å². The van der Waals surface area contributed by atoms with E-state index in [4.69, 9.17) is 0 Å². The van der Waals surface area contributed by atoms with Crippen molar-refractivity contribution in [2.75, 3.05) is 20.6 Å². The first-order valence-corrected chi connectivity index (χ1v) is 7.62. The Morgan fingerprint density at radius 2 is 1.88 bits per heavy atom. The lowest BCUT2D eigenvalue weighted by Crippen LogP contribution is -2.52. The van der Waals surface area contributed by atoms with Gasteiger partial charge in [-0.1, -0.05) is 19.8 Å². The summed E-state index contributed by atoms with van der Waals surface area (Å²) in [5, 5.41) is 3.55. The third-order valence-corrected chi connectivity index (χ3v) is 5.21. The second kappa shape index (κ2) is 6.19. The molecule has 0 aromatic heterocycles. The Balaban J connectivity index is 1.88. The second-order valence-electron chi connectivity index (χ2n) is 6.29. The predicted molar refractivity (Wildman–Crippen MR) is 74.2 cm³/mol. The van der Waals surface area contributed by atoms with Crippen LogP contribution in [0.15, 0.2) is 0 Å². The van der Waals surface area contributed by atoms with Gasteiger partial charge < -0.3 is 10.2 Å². The quantitative estimate of drug-likeness (QED) is 0.792. The van der Waals surface area contributed by atoms with E-state index >= 15 is 0 Å². The molecule has 0 saturated heterocycles.